The third kappa shape index (κ3) is 29.4. The third-order valence-electron chi connectivity index (χ3n) is 6.61. The molecule has 0 saturated carbocycles. The Kier molecular flexibility index (Phi) is 30.4. The van der Waals surface area contributed by atoms with Gasteiger partial charge in [-0.15, -0.1) is 5.10 Å². The van der Waals surface area contributed by atoms with E-state index in [4.69, 9.17) is 47.7 Å². The van der Waals surface area contributed by atoms with E-state index in [1.165, 1.54) is 11.6 Å². The van der Waals surface area contributed by atoms with Gasteiger partial charge < -0.3 is 58.4 Å². The fourth-order valence-electron chi connectivity index (χ4n) is 3.99. The van der Waals surface area contributed by atoms with Crippen molar-refractivity contribution in [3.05, 3.63) is 11.9 Å². The Morgan fingerprint density at radius 3 is 1.48 bits per heavy atom. The van der Waals surface area contributed by atoms with Gasteiger partial charge in [0.2, 0.25) is 11.8 Å². The Labute approximate surface area is 305 Å². The number of Topliss-reactive ketones (excluding diaryl/α,β-unsaturated/α-hetero) is 1. The quantitative estimate of drug-likeness (QED) is 0.0720. The number of ketones is 1. The maximum Gasteiger partial charge on any atom is 0.305 e. The molecule has 0 saturated heterocycles. The van der Waals surface area contributed by atoms with Gasteiger partial charge in [-0.25, -0.2) is 4.68 Å². The molecule has 19 heteroatoms. The predicted octanol–water partition coefficient (Wildman–Crippen LogP) is -0.565. The van der Waals surface area contributed by atoms with Crippen LogP contribution in [0, 0.1) is 0 Å². The van der Waals surface area contributed by atoms with Crippen LogP contribution in [-0.4, -0.2) is 175 Å². The summed E-state index contributed by atoms with van der Waals surface area (Å²) in [5, 5.41) is 21.9. The highest BCUT2D eigenvalue weighted by atomic mass is 16.6. The fraction of sp³-hybridized carbons (Fsp3) is 0.818. The number of carbonyl (C=O) groups excluding carboxylic acids is 3. The van der Waals surface area contributed by atoms with Gasteiger partial charge in [-0.1, -0.05) is 12.1 Å². The van der Waals surface area contributed by atoms with Gasteiger partial charge in [-0.05, 0) is 13.3 Å². The van der Waals surface area contributed by atoms with Gasteiger partial charge in [0, 0.05) is 25.6 Å². The van der Waals surface area contributed by atoms with E-state index in [0.29, 0.717) is 137 Å². The monoisotopic (exact) mass is 749 g/mol. The van der Waals surface area contributed by atoms with Gasteiger partial charge in [-0.2, -0.15) is 0 Å². The second kappa shape index (κ2) is 33.7. The van der Waals surface area contributed by atoms with Crippen molar-refractivity contribution < 1.29 is 66.9 Å². The summed E-state index contributed by atoms with van der Waals surface area (Å²) in [6.45, 7) is 11.0. The molecule has 0 aliphatic carbocycles. The zero-order valence-electron chi connectivity index (χ0n) is 30.7. The summed E-state index contributed by atoms with van der Waals surface area (Å²) in [7, 11) is 0. The molecule has 3 N–H and O–H groups in total. The van der Waals surface area contributed by atoms with E-state index in [0.717, 1.165) is 0 Å². The Morgan fingerprint density at radius 2 is 1.08 bits per heavy atom. The zero-order valence-corrected chi connectivity index (χ0v) is 30.7. The number of aromatic nitrogens is 3. The highest BCUT2D eigenvalue weighted by Gasteiger charge is 2.19. The molecule has 1 aromatic heterocycles. The molecule has 0 bridgehead atoms. The first-order valence-corrected chi connectivity index (χ1v) is 17.7. The van der Waals surface area contributed by atoms with Crippen molar-refractivity contribution in [3.63, 3.8) is 0 Å². The number of amides is 2. The van der Waals surface area contributed by atoms with Gasteiger partial charge >= 0.3 is 5.97 Å². The van der Waals surface area contributed by atoms with Crippen LogP contribution in [-0.2, 0) is 74.8 Å². The highest BCUT2D eigenvalue weighted by molar-refractivity contribution is 5.87. The standard InChI is InChI=1S/C33H59N5O14/c1-3-4-31(40)35-30(28(2)39)25-29-26-38(37-36-29)27-32(41)34-6-8-45-10-12-47-14-16-49-18-20-51-22-24-52-23-21-50-19-17-48-15-13-46-11-9-44-7-5-33(42)43/h26,30H,3-25,27H2,1-2H3,(H,34,41)(H,35,40)(H,42,43)/t30-/m0/s1. The van der Waals surface area contributed by atoms with Gasteiger partial charge in [0.15, 0.2) is 5.78 Å². The number of carbonyl (C=O) groups is 4. The smallest absolute Gasteiger partial charge is 0.305 e. The van der Waals surface area contributed by atoms with Crippen molar-refractivity contribution in [2.24, 2.45) is 0 Å². The van der Waals surface area contributed by atoms with E-state index < -0.39 is 12.0 Å². The lowest BCUT2D eigenvalue weighted by Crippen LogP contribution is -2.41. The van der Waals surface area contributed by atoms with Gasteiger partial charge in [0.25, 0.3) is 0 Å². The maximum atomic E-state index is 12.2. The Morgan fingerprint density at radius 1 is 0.654 bits per heavy atom. The van der Waals surface area contributed by atoms with Crippen molar-refractivity contribution in [1.82, 2.24) is 25.6 Å². The van der Waals surface area contributed by atoms with Crippen molar-refractivity contribution in [3.8, 4) is 0 Å². The second-order valence-electron chi connectivity index (χ2n) is 11.1. The molecular formula is C33H59N5O14. The molecule has 0 radical (unpaired) electrons. The molecular weight excluding hydrogens is 690 g/mol. The number of carboxylic acid groups (broad SMARTS) is 1. The molecule has 1 rings (SSSR count). The SMILES string of the molecule is CCCC(=O)N[C@@H](Cc1cn(CC(=O)NCCOCCOCCOCCOCCOCCOCCOCCOCCOCCC(=O)O)nn1)C(C)=O. The topological polar surface area (TPSA) is 226 Å². The molecule has 1 heterocycles. The number of carboxylic acids is 1. The minimum Gasteiger partial charge on any atom is -0.481 e. The Hall–Kier alpha value is -3.14. The number of hydrogen-bond donors (Lipinski definition) is 3. The second-order valence-corrected chi connectivity index (χ2v) is 11.1. The first-order valence-electron chi connectivity index (χ1n) is 17.7. The molecule has 2 amide bonds. The van der Waals surface area contributed by atoms with E-state index in [1.54, 1.807) is 6.20 Å². The van der Waals surface area contributed by atoms with E-state index in [2.05, 4.69) is 20.9 Å². The molecule has 0 fully saturated rings. The van der Waals surface area contributed by atoms with Crippen LogP contribution in [0.25, 0.3) is 0 Å². The number of hydrogen-bond acceptors (Lipinski definition) is 15. The van der Waals surface area contributed by atoms with Crippen LogP contribution in [0.1, 0.15) is 38.8 Å². The third-order valence-corrected chi connectivity index (χ3v) is 6.61. The van der Waals surface area contributed by atoms with Crippen molar-refractivity contribution in [2.45, 2.75) is 52.1 Å². The van der Waals surface area contributed by atoms with Crippen molar-refractivity contribution in [2.75, 3.05) is 125 Å². The van der Waals surface area contributed by atoms with Gasteiger partial charge in [0.05, 0.1) is 137 Å². The van der Waals surface area contributed by atoms with Crippen molar-refractivity contribution >= 4 is 23.6 Å². The number of rotatable bonds is 38. The van der Waals surface area contributed by atoms with Crippen LogP contribution in [0.4, 0.5) is 0 Å². The van der Waals surface area contributed by atoms with E-state index in [1.807, 2.05) is 6.92 Å². The summed E-state index contributed by atoms with van der Waals surface area (Å²) in [5.41, 5.74) is 0.504. The molecule has 300 valence electrons. The van der Waals surface area contributed by atoms with E-state index in [-0.39, 0.29) is 43.6 Å². The average Bonchev–Trinajstić information content (AvgIpc) is 3.55. The molecule has 0 unspecified atom stereocenters. The molecule has 0 spiro atoms. The molecule has 0 aliphatic rings. The van der Waals surface area contributed by atoms with Crippen LogP contribution in [0.3, 0.4) is 0 Å². The molecule has 0 aromatic carbocycles. The normalized spacial score (nSPS) is 11.8. The molecule has 0 aliphatic heterocycles. The minimum absolute atomic E-state index is 0.0136. The summed E-state index contributed by atoms with van der Waals surface area (Å²) in [5.74, 6) is -1.51. The number of nitrogens with zero attached hydrogens (tertiary/aromatic N) is 3. The lowest BCUT2D eigenvalue weighted by Gasteiger charge is -2.14. The van der Waals surface area contributed by atoms with Crippen LogP contribution in [0.2, 0.25) is 0 Å². The maximum absolute atomic E-state index is 12.2. The van der Waals surface area contributed by atoms with Crippen LogP contribution in [0.5, 0.6) is 0 Å². The largest absolute Gasteiger partial charge is 0.481 e. The van der Waals surface area contributed by atoms with Crippen LogP contribution >= 0.6 is 0 Å². The summed E-state index contributed by atoms with van der Waals surface area (Å²) < 4.78 is 49.9. The highest BCUT2D eigenvalue weighted by Crippen LogP contribution is 2.02. The molecule has 1 aromatic rings. The summed E-state index contributed by atoms with van der Waals surface area (Å²) in [6.07, 6.45) is 2.80. The minimum atomic E-state index is -0.884. The zero-order chi connectivity index (χ0) is 37.9. The molecule has 1 atom stereocenters. The van der Waals surface area contributed by atoms with E-state index >= 15 is 0 Å². The lowest BCUT2D eigenvalue weighted by atomic mass is 10.1. The lowest BCUT2D eigenvalue weighted by molar-refractivity contribution is -0.138. The summed E-state index contributed by atoms with van der Waals surface area (Å²) in [6, 6.07) is -0.682. The predicted molar refractivity (Wildman–Crippen MR) is 184 cm³/mol. The average molecular weight is 750 g/mol. The van der Waals surface area contributed by atoms with Crippen LogP contribution in [0.15, 0.2) is 6.20 Å². The van der Waals surface area contributed by atoms with Crippen LogP contribution < -0.4 is 10.6 Å². The van der Waals surface area contributed by atoms with E-state index in [9.17, 15) is 19.2 Å². The number of aliphatic carboxylic acids is 1. The van der Waals surface area contributed by atoms with Crippen molar-refractivity contribution in [1.29, 1.82) is 0 Å². The summed E-state index contributed by atoms with van der Waals surface area (Å²) >= 11 is 0. The molecule has 19 nitrogen and oxygen atoms in total. The fourth-order valence-corrected chi connectivity index (χ4v) is 3.99. The Bertz CT molecular complexity index is 1060. The first kappa shape index (κ1) is 46.9. The number of ether oxygens (including phenoxy) is 9. The number of nitrogens with one attached hydrogen (secondary N) is 2. The van der Waals surface area contributed by atoms with Gasteiger partial charge in [-0.3, -0.25) is 19.2 Å². The van der Waals surface area contributed by atoms with Gasteiger partial charge in [0.1, 0.15) is 6.54 Å². The summed E-state index contributed by atoms with van der Waals surface area (Å²) in [4.78, 5) is 46.3. The Balaban J connectivity index is 1.81. The first-order chi connectivity index (χ1) is 25.3. The molecule has 52 heavy (non-hydrogen) atoms.